The van der Waals surface area contributed by atoms with Crippen LogP contribution in [0.1, 0.15) is 49.9 Å². The number of hydrogen-bond acceptors (Lipinski definition) is 2. The summed E-state index contributed by atoms with van der Waals surface area (Å²) in [6.45, 7) is 6.02. The molecule has 0 saturated heterocycles. The number of anilines is 1. The van der Waals surface area contributed by atoms with Crippen LogP contribution in [0.15, 0.2) is 24.3 Å². The number of nitrogens with one attached hydrogen (secondary N) is 1. The van der Waals surface area contributed by atoms with Gasteiger partial charge in [0.1, 0.15) is 0 Å². The third kappa shape index (κ3) is 4.58. The molecule has 3 nitrogen and oxygen atoms in total. The molecule has 0 atom stereocenters. The molecule has 0 unspecified atom stereocenters. The van der Waals surface area contributed by atoms with Gasteiger partial charge in [0, 0.05) is 25.8 Å². The van der Waals surface area contributed by atoms with Crippen LogP contribution >= 0.6 is 0 Å². The third-order valence-electron chi connectivity index (χ3n) is 3.28. The molecule has 0 aliphatic rings. The van der Waals surface area contributed by atoms with Gasteiger partial charge < -0.3 is 10.2 Å². The Morgan fingerprint density at radius 3 is 2.21 bits per heavy atom. The number of benzene rings is 1. The van der Waals surface area contributed by atoms with Gasteiger partial charge in [0.25, 0.3) is 5.91 Å². The molecule has 106 valence electrons. The van der Waals surface area contributed by atoms with Gasteiger partial charge in [-0.3, -0.25) is 4.79 Å². The predicted molar refractivity (Wildman–Crippen MR) is 81.7 cm³/mol. The highest BCUT2D eigenvalue weighted by Gasteiger charge is 2.17. The Labute approximate surface area is 117 Å². The fourth-order valence-corrected chi connectivity index (χ4v) is 2.07. The Hall–Kier alpha value is -1.51. The number of amides is 1. The fourth-order valence-electron chi connectivity index (χ4n) is 2.07. The Bertz CT molecular complexity index is 382. The number of hydrogen-bond donors (Lipinski definition) is 1. The molecule has 0 aliphatic carbocycles. The lowest BCUT2D eigenvalue weighted by atomic mass is 10.1. The van der Waals surface area contributed by atoms with E-state index in [2.05, 4.69) is 19.2 Å². The zero-order chi connectivity index (χ0) is 14.1. The lowest BCUT2D eigenvalue weighted by molar-refractivity contribution is 0.0752. The molecule has 0 radical (unpaired) electrons. The molecule has 1 aromatic carbocycles. The summed E-state index contributed by atoms with van der Waals surface area (Å²) in [4.78, 5) is 14.6. The molecule has 0 fully saturated rings. The van der Waals surface area contributed by atoms with Crippen molar-refractivity contribution >= 4 is 11.6 Å². The molecule has 0 spiro atoms. The summed E-state index contributed by atoms with van der Waals surface area (Å²) in [5.41, 5.74) is 1.68. The molecule has 3 heteroatoms. The van der Waals surface area contributed by atoms with Crippen molar-refractivity contribution in [3.63, 3.8) is 0 Å². The summed E-state index contributed by atoms with van der Waals surface area (Å²) in [5.74, 6) is 0.145. The Balaban J connectivity index is 2.84. The molecule has 0 aliphatic heterocycles. The molecule has 1 aromatic rings. The fraction of sp³-hybridized carbons (Fsp3) is 0.562. The van der Waals surface area contributed by atoms with Crippen molar-refractivity contribution in [2.45, 2.75) is 39.5 Å². The van der Waals surface area contributed by atoms with Crippen LogP contribution in [-0.4, -0.2) is 30.9 Å². The van der Waals surface area contributed by atoms with Gasteiger partial charge in [-0.05, 0) is 25.0 Å². The van der Waals surface area contributed by atoms with Crippen LogP contribution in [0.5, 0.6) is 0 Å². The first-order valence-corrected chi connectivity index (χ1v) is 7.30. The Morgan fingerprint density at radius 1 is 1.11 bits per heavy atom. The van der Waals surface area contributed by atoms with Crippen LogP contribution in [0.4, 0.5) is 5.69 Å². The average Bonchev–Trinajstić information content (AvgIpc) is 2.46. The third-order valence-corrected chi connectivity index (χ3v) is 3.28. The number of carbonyl (C=O) groups excluding carboxylic acids is 1. The lowest BCUT2D eigenvalue weighted by Gasteiger charge is -2.23. The molecule has 1 rings (SSSR count). The highest BCUT2D eigenvalue weighted by molar-refractivity contribution is 5.99. The summed E-state index contributed by atoms with van der Waals surface area (Å²) >= 11 is 0. The quantitative estimate of drug-likeness (QED) is 0.773. The highest BCUT2D eigenvalue weighted by Crippen LogP contribution is 2.17. The van der Waals surface area contributed by atoms with Gasteiger partial charge in [0.2, 0.25) is 0 Å². The number of carbonyl (C=O) groups is 1. The van der Waals surface area contributed by atoms with Gasteiger partial charge in [-0.2, -0.15) is 0 Å². The molecule has 19 heavy (non-hydrogen) atoms. The van der Waals surface area contributed by atoms with Crippen molar-refractivity contribution in [2.75, 3.05) is 25.5 Å². The predicted octanol–water partition coefficient (Wildman–Crippen LogP) is 3.77. The minimum Gasteiger partial charge on any atom is -0.387 e. The zero-order valence-electron chi connectivity index (χ0n) is 12.4. The largest absolute Gasteiger partial charge is 0.387 e. The van der Waals surface area contributed by atoms with Gasteiger partial charge in [0.15, 0.2) is 0 Å². The Morgan fingerprint density at radius 2 is 1.68 bits per heavy atom. The maximum absolute atomic E-state index is 12.6. The van der Waals surface area contributed by atoms with Crippen molar-refractivity contribution in [2.24, 2.45) is 0 Å². The summed E-state index contributed by atoms with van der Waals surface area (Å²) < 4.78 is 0. The monoisotopic (exact) mass is 262 g/mol. The Kier molecular flexibility index (Phi) is 7.01. The number of unbranched alkanes of at least 4 members (excludes halogenated alkanes) is 2. The van der Waals surface area contributed by atoms with Crippen LogP contribution in [0.2, 0.25) is 0 Å². The molecular weight excluding hydrogens is 236 g/mol. The van der Waals surface area contributed by atoms with E-state index < -0.39 is 0 Å². The standard InChI is InChI=1S/C16H26N2O/c1-4-6-12-18(13-7-5-2)16(19)14-10-8-9-11-15(14)17-3/h8-11,17H,4-7,12-13H2,1-3H3. The van der Waals surface area contributed by atoms with Gasteiger partial charge in [-0.15, -0.1) is 0 Å². The second-order valence-electron chi connectivity index (χ2n) is 4.79. The average molecular weight is 262 g/mol. The van der Waals surface area contributed by atoms with Crippen LogP contribution in [0.25, 0.3) is 0 Å². The second-order valence-corrected chi connectivity index (χ2v) is 4.79. The summed E-state index contributed by atoms with van der Waals surface area (Å²) in [7, 11) is 1.86. The molecule has 1 N–H and O–H groups in total. The number of rotatable bonds is 8. The van der Waals surface area contributed by atoms with Crippen LogP contribution in [0.3, 0.4) is 0 Å². The van der Waals surface area contributed by atoms with E-state index in [1.54, 1.807) is 0 Å². The van der Waals surface area contributed by atoms with Gasteiger partial charge >= 0.3 is 0 Å². The van der Waals surface area contributed by atoms with Crippen molar-refractivity contribution in [3.05, 3.63) is 29.8 Å². The van der Waals surface area contributed by atoms with Crippen LogP contribution in [0, 0.1) is 0 Å². The van der Waals surface area contributed by atoms with E-state index in [9.17, 15) is 4.79 Å². The van der Waals surface area contributed by atoms with E-state index in [4.69, 9.17) is 0 Å². The lowest BCUT2D eigenvalue weighted by Crippen LogP contribution is -2.33. The minimum atomic E-state index is 0.145. The maximum atomic E-state index is 12.6. The summed E-state index contributed by atoms with van der Waals surface area (Å²) in [6.07, 6.45) is 4.36. The van der Waals surface area contributed by atoms with Crippen LogP contribution in [-0.2, 0) is 0 Å². The van der Waals surface area contributed by atoms with Crippen LogP contribution < -0.4 is 5.32 Å². The van der Waals surface area contributed by atoms with E-state index in [1.165, 1.54) is 0 Å². The second kappa shape index (κ2) is 8.57. The van der Waals surface area contributed by atoms with Crippen molar-refractivity contribution in [1.29, 1.82) is 0 Å². The van der Waals surface area contributed by atoms with Crippen molar-refractivity contribution in [1.82, 2.24) is 4.90 Å². The molecule has 1 amide bonds. The normalized spacial score (nSPS) is 10.3. The smallest absolute Gasteiger partial charge is 0.255 e. The first-order chi connectivity index (χ1) is 9.24. The molecular formula is C16H26N2O. The zero-order valence-corrected chi connectivity index (χ0v) is 12.4. The van der Waals surface area contributed by atoms with E-state index in [1.807, 2.05) is 36.2 Å². The first kappa shape index (κ1) is 15.5. The van der Waals surface area contributed by atoms with E-state index in [0.717, 1.165) is 50.0 Å². The van der Waals surface area contributed by atoms with E-state index >= 15 is 0 Å². The SMILES string of the molecule is CCCCN(CCCC)C(=O)c1ccccc1NC. The van der Waals surface area contributed by atoms with Gasteiger partial charge in [0.05, 0.1) is 5.56 Å². The summed E-state index contributed by atoms with van der Waals surface area (Å²) in [6, 6.07) is 7.72. The van der Waals surface area contributed by atoms with Crippen molar-refractivity contribution in [3.8, 4) is 0 Å². The van der Waals surface area contributed by atoms with E-state index in [-0.39, 0.29) is 5.91 Å². The number of para-hydroxylation sites is 1. The molecule has 0 saturated carbocycles. The van der Waals surface area contributed by atoms with Gasteiger partial charge in [-0.25, -0.2) is 0 Å². The molecule has 0 bridgehead atoms. The molecule has 0 heterocycles. The maximum Gasteiger partial charge on any atom is 0.255 e. The highest BCUT2D eigenvalue weighted by atomic mass is 16.2. The van der Waals surface area contributed by atoms with Crippen molar-refractivity contribution < 1.29 is 4.79 Å². The van der Waals surface area contributed by atoms with E-state index in [0.29, 0.717) is 0 Å². The number of nitrogens with zero attached hydrogens (tertiary/aromatic N) is 1. The molecule has 0 aromatic heterocycles. The van der Waals surface area contributed by atoms with Gasteiger partial charge in [-0.1, -0.05) is 38.8 Å². The topological polar surface area (TPSA) is 32.3 Å². The summed E-state index contributed by atoms with van der Waals surface area (Å²) in [5, 5.41) is 3.10. The minimum absolute atomic E-state index is 0.145. The first-order valence-electron chi connectivity index (χ1n) is 7.30.